The van der Waals surface area contributed by atoms with Gasteiger partial charge in [-0.15, -0.1) is 0 Å². The van der Waals surface area contributed by atoms with Crippen LogP contribution in [0.3, 0.4) is 0 Å². The number of halogens is 2. The lowest BCUT2D eigenvalue weighted by Crippen LogP contribution is -2.75. The molecule has 0 radical (unpaired) electrons. The zero-order valence-electron chi connectivity index (χ0n) is 16.5. The van der Waals surface area contributed by atoms with E-state index in [1.807, 2.05) is 13.8 Å². The number of hydrogen-bond donors (Lipinski definition) is 4. The van der Waals surface area contributed by atoms with Gasteiger partial charge in [0.05, 0.1) is 17.3 Å². The summed E-state index contributed by atoms with van der Waals surface area (Å²) in [5.41, 5.74) is -5.65. The molecule has 3 rings (SSSR count). The Hall–Kier alpha value is 0.800. The Morgan fingerprint density at radius 3 is 1.92 bits per heavy atom. The number of fused-ring (bicyclic) bond motifs is 1. The van der Waals surface area contributed by atoms with Gasteiger partial charge in [-0.1, -0.05) is 59.6 Å². The van der Waals surface area contributed by atoms with Gasteiger partial charge < -0.3 is 20.4 Å². The summed E-state index contributed by atoms with van der Waals surface area (Å²) in [5.74, 6) is 0. The predicted molar refractivity (Wildman–Crippen MR) is 110 cm³/mol. The lowest BCUT2D eigenvalue weighted by Gasteiger charge is -2.67. The summed E-state index contributed by atoms with van der Waals surface area (Å²) < 4.78 is 0. The Bertz CT molecular complexity index is 596. The highest BCUT2D eigenvalue weighted by Gasteiger charge is 2.73. The normalized spacial score (nSPS) is 59.9. The van der Waals surface area contributed by atoms with E-state index in [0.717, 1.165) is 6.42 Å². The molecule has 0 saturated heterocycles. The van der Waals surface area contributed by atoms with Gasteiger partial charge in [-0.05, 0) is 44.4 Å². The molecule has 0 aliphatic heterocycles. The van der Waals surface area contributed by atoms with E-state index in [1.165, 1.54) is 0 Å². The van der Waals surface area contributed by atoms with Gasteiger partial charge in [0.2, 0.25) is 0 Å². The van der Waals surface area contributed by atoms with Crippen LogP contribution in [0.25, 0.3) is 0 Å². The SMILES string of the molecule is CC1(C)[C@@H](Br)C[C@@H](O)[C@@]1(C)[C@]1(O)CC[C@@]2(C)[C@H](Br)CC[C@](C)(O)[C@]2(O)C1. The third-order valence-corrected chi connectivity index (χ3v) is 12.2. The first-order chi connectivity index (χ1) is 11.6. The molecule has 3 aliphatic rings. The van der Waals surface area contributed by atoms with Gasteiger partial charge in [-0.3, -0.25) is 0 Å². The van der Waals surface area contributed by atoms with Crippen molar-refractivity contribution in [3.8, 4) is 0 Å². The van der Waals surface area contributed by atoms with Crippen molar-refractivity contribution in [2.75, 3.05) is 0 Å². The summed E-state index contributed by atoms with van der Waals surface area (Å²) in [6.07, 6.45) is 2.33. The molecule has 0 heterocycles. The summed E-state index contributed by atoms with van der Waals surface area (Å²) in [7, 11) is 0. The lowest BCUT2D eigenvalue weighted by atomic mass is 9.44. The number of hydrogen-bond acceptors (Lipinski definition) is 4. The van der Waals surface area contributed by atoms with Crippen LogP contribution in [0.15, 0.2) is 0 Å². The maximum atomic E-state index is 11.9. The van der Waals surface area contributed by atoms with Crippen LogP contribution in [0.2, 0.25) is 0 Å². The van der Waals surface area contributed by atoms with Crippen LogP contribution < -0.4 is 0 Å². The predicted octanol–water partition coefficient (Wildman–Crippen LogP) is 3.51. The van der Waals surface area contributed by atoms with Gasteiger partial charge in [-0.2, -0.15) is 0 Å². The zero-order valence-corrected chi connectivity index (χ0v) is 19.7. The fraction of sp³-hybridized carbons (Fsp3) is 1.00. The Balaban J connectivity index is 2.10. The van der Waals surface area contributed by atoms with Gasteiger partial charge in [0, 0.05) is 26.9 Å². The monoisotopic (exact) mass is 496 g/mol. The lowest BCUT2D eigenvalue weighted by molar-refractivity contribution is -0.298. The number of rotatable bonds is 1. The first-order valence-electron chi connectivity index (χ1n) is 9.72. The van der Waals surface area contributed by atoms with Crippen LogP contribution in [0.5, 0.6) is 0 Å². The quantitative estimate of drug-likeness (QED) is 0.418. The van der Waals surface area contributed by atoms with E-state index in [0.29, 0.717) is 25.7 Å². The van der Waals surface area contributed by atoms with Crippen molar-refractivity contribution in [1.29, 1.82) is 0 Å². The smallest absolute Gasteiger partial charge is 0.102 e. The van der Waals surface area contributed by atoms with Gasteiger partial charge in [0.25, 0.3) is 0 Å². The van der Waals surface area contributed by atoms with Crippen molar-refractivity contribution < 1.29 is 20.4 Å². The molecular formula is C20H34Br2O4. The fourth-order valence-electron chi connectivity index (χ4n) is 6.38. The van der Waals surface area contributed by atoms with Crippen molar-refractivity contribution in [2.24, 2.45) is 16.2 Å². The summed E-state index contributed by atoms with van der Waals surface area (Å²) >= 11 is 7.44. The van der Waals surface area contributed by atoms with Gasteiger partial charge in [0.1, 0.15) is 5.60 Å². The molecule has 0 aromatic carbocycles. The van der Waals surface area contributed by atoms with Crippen molar-refractivity contribution in [1.82, 2.24) is 0 Å². The Morgan fingerprint density at radius 2 is 1.42 bits per heavy atom. The number of aliphatic hydroxyl groups excluding tert-OH is 1. The average molecular weight is 498 g/mol. The summed E-state index contributed by atoms with van der Waals surface area (Å²) in [5, 5.41) is 45.9. The van der Waals surface area contributed by atoms with Crippen LogP contribution in [0.1, 0.15) is 73.1 Å². The number of aliphatic hydroxyl groups is 4. The number of alkyl halides is 2. The highest BCUT2D eigenvalue weighted by atomic mass is 79.9. The molecule has 6 heteroatoms. The first-order valence-corrected chi connectivity index (χ1v) is 11.6. The second-order valence-corrected chi connectivity index (χ2v) is 12.6. The van der Waals surface area contributed by atoms with Crippen molar-refractivity contribution in [3.63, 3.8) is 0 Å². The summed E-state index contributed by atoms with van der Waals surface area (Å²) in [6.45, 7) is 9.82. The van der Waals surface area contributed by atoms with Crippen LogP contribution in [-0.2, 0) is 0 Å². The second-order valence-electron chi connectivity index (χ2n) is 10.4. The molecule has 8 atom stereocenters. The molecule has 4 N–H and O–H groups in total. The maximum Gasteiger partial charge on any atom is 0.102 e. The summed E-state index contributed by atoms with van der Waals surface area (Å²) in [4.78, 5) is 0.167. The van der Waals surface area contributed by atoms with E-state index in [1.54, 1.807) is 6.92 Å². The van der Waals surface area contributed by atoms with Crippen molar-refractivity contribution >= 4 is 31.9 Å². The van der Waals surface area contributed by atoms with E-state index in [9.17, 15) is 20.4 Å². The highest BCUT2D eigenvalue weighted by Crippen LogP contribution is 2.68. The van der Waals surface area contributed by atoms with Gasteiger partial charge in [0.15, 0.2) is 0 Å². The molecule has 152 valence electrons. The van der Waals surface area contributed by atoms with Gasteiger partial charge >= 0.3 is 0 Å². The van der Waals surface area contributed by atoms with Crippen LogP contribution in [0, 0.1) is 16.2 Å². The van der Waals surface area contributed by atoms with E-state index >= 15 is 0 Å². The van der Waals surface area contributed by atoms with Crippen molar-refractivity contribution in [2.45, 2.75) is 106 Å². The van der Waals surface area contributed by atoms with Crippen LogP contribution in [0.4, 0.5) is 0 Å². The zero-order chi connectivity index (χ0) is 20.0. The molecule has 3 aliphatic carbocycles. The maximum absolute atomic E-state index is 11.9. The average Bonchev–Trinajstić information content (AvgIpc) is 2.68. The Labute approximate surface area is 174 Å². The fourth-order valence-corrected chi connectivity index (χ4v) is 8.04. The van der Waals surface area contributed by atoms with Gasteiger partial charge in [-0.25, -0.2) is 0 Å². The minimum absolute atomic E-state index is 0.0717. The van der Waals surface area contributed by atoms with E-state index in [4.69, 9.17) is 0 Å². The summed E-state index contributed by atoms with van der Waals surface area (Å²) in [6, 6.07) is 0. The standard InChI is InChI=1S/C20H34Br2O4/c1-15(2)13(22)10-14(23)18(15,5)19(25)9-8-16(3)12(21)6-7-17(4,24)20(16,26)11-19/h12-14,23-26H,6-11H2,1-5H3/t12-,13+,14-,16+,17+,18-,19+,20+/m1/s1. The molecule has 0 bridgehead atoms. The Kier molecular flexibility index (Phi) is 4.89. The molecule has 0 amide bonds. The molecule has 4 nitrogen and oxygen atoms in total. The molecule has 0 spiro atoms. The van der Waals surface area contributed by atoms with E-state index in [-0.39, 0.29) is 21.5 Å². The van der Waals surface area contributed by atoms with E-state index in [2.05, 4.69) is 45.7 Å². The highest BCUT2D eigenvalue weighted by molar-refractivity contribution is 9.09. The van der Waals surface area contributed by atoms with E-state index < -0.39 is 33.7 Å². The second kappa shape index (κ2) is 5.91. The van der Waals surface area contributed by atoms with Crippen LogP contribution >= 0.6 is 31.9 Å². The molecule has 0 aromatic rings. The Morgan fingerprint density at radius 1 is 0.846 bits per heavy atom. The molecule has 0 aromatic heterocycles. The minimum Gasteiger partial charge on any atom is -0.392 e. The minimum atomic E-state index is -1.43. The first kappa shape index (κ1) is 21.5. The molecular weight excluding hydrogens is 464 g/mol. The molecule has 3 fully saturated rings. The third kappa shape index (κ3) is 2.32. The largest absolute Gasteiger partial charge is 0.392 e. The molecule has 26 heavy (non-hydrogen) atoms. The van der Waals surface area contributed by atoms with Crippen LogP contribution in [-0.4, -0.2) is 53.0 Å². The topological polar surface area (TPSA) is 80.9 Å². The van der Waals surface area contributed by atoms with Crippen molar-refractivity contribution in [3.05, 3.63) is 0 Å². The third-order valence-electron chi connectivity index (χ3n) is 9.20. The molecule has 3 saturated carbocycles. The molecule has 0 unspecified atom stereocenters.